The van der Waals surface area contributed by atoms with Gasteiger partial charge in [0.05, 0.1) is 14.2 Å². The van der Waals surface area contributed by atoms with Crippen molar-refractivity contribution in [3.63, 3.8) is 0 Å². The lowest BCUT2D eigenvalue weighted by Crippen LogP contribution is -2.07. The van der Waals surface area contributed by atoms with E-state index in [4.69, 9.17) is 31.0 Å². The van der Waals surface area contributed by atoms with Crippen LogP contribution in [-0.2, 0) is 13.0 Å². The van der Waals surface area contributed by atoms with E-state index in [2.05, 4.69) is 34.3 Å². The molecule has 0 atom stereocenters. The molecule has 0 spiro atoms. The van der Waals surface area contributed by atoms with Gasteiger partial charge in [-0.15, -0.1) is 11.6 Å². The third-order valence-corrected chi connectivity index (χ3v) is 5.06. The second-order valence-electron chi connectivity index (χ2n) is 7.01. The van der Waals surface area contributed by atoms with Gasteiger partial charge in [0.2, 0.25) is 0 Å². The summed E-state index contributed by atoms with van der Waals surface area (Å²) in [7, 11) is 3.28. The van der Waals surface area contributed by atoms with Crippen LogP contribution >= 0.6 is 11.6 Å². The molecule has 2 heterocycles. The number of rotatable bonds is 10. The molecule has 2 N–H and O–H groups in total. The summed E-state index contributed by atoms with van der Waals surface area (Å²) >= 11 is 5.74. The molecule has 0 saturated carbocycles. The van der Waals surface area contributed by atoms with Crippen molar-refractivity contribution in [1.82, 2.24) is 20.2 Å². The number of unbranched alkanes of at least 4 members (excludes halogenated alkanes) is 2. The fourth-order valence-corrected chi connectivity index (χ4v) is 3.22. The number of hydrogen-bond acceptors (Lipinski definition) is 6. The molecule has 3 rings (SSSR count). The summed E-state index contributed by atoms with van der Waals surface area (Å²) in [5, 5.41) is 10.8. The Morgan fingerprint density at radius 2 is 2.00 bits per heavy atom. The number of aromatic nitrogens is 4. The molecule has 0 fully saturated rings. The topological polar surface area (TPSA) is 85.0 Å². The zero-order valence-electron chi connectivity index (χ0n) is 18.2. The van der Waals surface area contributed by atoms with Gasteiger partial charge in [0, 0.05) is 36.9 Å². The minimum atomic E-state index is 0.524. The van der Waals surface area contributed by atoms with Crippen LogP contribution in [-0.4, -0.2) is 40.3 Å². The van der Waals surface area contributed by atoms with Crippen LogP contribution in [0.25, 0.3) is 11.0 Å². The highest BCUT2D eigenvalue weighted by atomic mass is 35.5. The number of nitrogens with one attached hydrogen (secondary N) is 2. The SMILES string of the molecule is CCCCc1nc(NCc2ccc(OC)cc2OC)c2n[nH]c(C#CCCCCl)c2n1. The third-order valence-electron chi connectivity index (χ3n) is 4.79. The second kappa shape index (κ2) is 11.4. The van der Waals surface area contributed by atoms with E-state index >= 15 is 0 Å². The third kappa shape index (κ3) is 5.80. The van der Waals surface area contributed by atoms with Crippen LogP contribution in [0.5, 0.6) is 11.5 Å². The van der Waals surface area contributed by atoms with Gasteiger partial charge in [0.15, 0.2) is 11.3 Å². The van der Waals surface area contributed by atoms with Gasteiger partial charge in [0.1, 0.15) is 28.5 Å². The highest BCUT2D eigenvalue weighted by Gasteiger charge is 2.15. The van der Waals surface area contributed by atoms with Gasteiger partial charge in [0.25, 0.3) is 0 Å². The van der Waals surface area contributed by atoms with Crippen molar-refractivity contribution in [3.8, 4) is 23.3 Å². The number of ether oxygens (including phenoxy) is 2. The van der Waals surface area contributed by atoms with Gasteiger partial charge in [-0.2, -0.15) is 5.10 Å². The molecular formula is C23H28ClN5O2. The highest BCUT2D eigenvalue weighted by Crippen LogP contribution is 2.27. The molecule has 8 heteroatoms. The monoisotopic (exact) mass is 441 g/mol. The average molecular weight is 442 g/mol. The van der Waals surface area contributed by atoms with Gasteiger partial charge >= 0.3 is 0 Å². The highest BCUT2D eigenvalue weighted by molar-refractivity contribution is 6.17. The van der Waals surface area contributed by atoms with E-state index < -0.39 is 0 Å². The van der Waals surface area contributed by atoms with Crippen molar-refractivity contribution < 1.29 is 9.47 Å². The van der Waals surface area contributed by atoms with E-state index in [0.29, 0.717) is 29.5 Å². The lowest BCUT2D eigenvalue weighted by molar-refractivity contribution is 0.391. The maximum Gasteiger partial charge on any atom is 0.158 e. The molecule has 3 aromatic rings. The van der Waals surface area contributed by atoms with Crippen molar-refractivity contribution in [2.24, 2.45) is 0 Å². The molecule has 0 saturated heterocycles. The largest absolute Gasteiger partial charge is 0.497 e. The number of H-pyrrole nitrogens is 1. The van der Waals surface area contributed by atoms with Gasteiger partial charge in [-0.05, 0) is 30.9 Å². The number of nitrogens with zero attached hydrogens (tertiary/aromatic N) is 3. The Balaban J connectivity index is 1.91. The summed E-state index contributed by atoms with van der Waals surface area (Å²) in [6, 6.07) is 5.74. The molecule has 2 aromatic heterocycles. The number of halogens is 1. The lowest BCUT2D eigenvalue weighted by Gasteiger charge is -2.12. The number of methoxy groups -OCH3 is 2. The van der Waals surface area contributed by atoms with Gasteiger partial charge in [-0.1, -0.05) is 19.3 Å². The van der Waals surface area contributed by atoms with Crippen molar-refractivity contribution in [2.75, 3.05) is 25.4 Å². The van der Waals surface area contributed by atoms with Gasteiger partial charge < -0.3 is 14.8 Å². The van der Waals surface area contributed by atoms with Crippen LogP contribution in [0.2, 0.25) is 0 Å². The molecule has 0 aliphatic rings. The minimum absolute atomic E-state index is 0.524. The number of anilines is 1. The van der Waals surface area contributed by atoms with Crippen LogP contribution < -0.4 is 14.8 Å². The average Bonchev–Trinajstić information content (AvgIpc) is 3.21. The molecule has 0 amide bonds. The molecule has 7 nitrogen and oxygen atoms in total. The maximum absolute atomic E-state index is 5.74. The first-order valence-corrected chi connectivity index (χ1v) is 11.0. The van der Waals surface area contributed by atoms with Crippen LogP contribution in [0, 0.1) is 11.8 Å². The minimum Gasteiger partial charge on any atom is -0.497 e. The van der Waals surface area contributed by atoms with Crippen LogP contribution in [0.3, 0.4) is 0 Å². The predicted molar refractivity (Wildman–Crippen MR) is 124 cm³/mol. The molecule has 1 aromatic carbocycles. The lowest BCUT2D eigenvalue weighted by atomic mass is 10.2. The van der Waals surface area contributed by atoms with E-state index in [1.54, 1.807) is 14.2 Å². The molecule has 0 bridgehead atoms. The number of benzene rings is 1. The van der Waals surface area contributed by atoms with Crippen LogP contribution in [0.4, 0.5) is 5.82 Å². The van der Waals surface area contributed by atoms with Crippen LogP contribution in [0.1, 0.15) is 49.7 Å². The van der Waals surface area contributed by atoms with Gasteiger partial charge in [-0.3, -0.25) is 5.10 Å². The van der Waals surface area contributed by atoms with E-state index in [1.807, 2.05) is 18.2 Å². The molecule has 164 valence electrons. The van der Waals surface area contributed by atoms with Crippen molar-refractivity contribution in [3.05, 3.63) is 35.3 Å². The summed E-state index contributed by atoms with van der Waals surface area (Å²) < 4.78 is 10.8. The number of fused-ring (bicyclic) bond motifs is 1. The zero-order chi connectivity index (χ0) is 22.1. The van der Waals surface area contributed by atoms with E-state index in [-0.39, 0.29) is 0 Å². The van der Waals surface area contributed by atoms with E-state index in [9.17, 15) is 0 Å². The molecular weight excluding hydrogens is 414 g/mol. The molecule has 31 heavy (non-hydrogen) atoms. The Kier molecular flexibility index (Phi) is 8.36. The Morgan fingerprint density at radius 1 is 1.13 bits per heavy atom. The first-order valence-electron chi connectivity index (χ1n) is 10.4. The number of hydrogen-bond donors (Lipinski definition) is 2. The Hall–Kier alpha value is -2.98. The van der Waals surface area contributed by atoms with Crippen LogP contribution in [0.15, 0.2) is 18.2 Å². The summed E-state index contributed by atoms with van der Waals surface area (Å²) in [4.78, 5) is 9.46. The van der Waals surface area contributed by atoms with Crippen molar-refractivity contribution in [2.45, 2.75) is 45.6 Å². The number of aryl methyl sites for hydroxylation is 1. The normalized spacial score (nSPS) is 10.6. The molecule has 0 unspecified atom stereocenters. The molecule has 0 aliphatic carbocycles. The maximum atomic E-state index is 5.74. The number of alkyl halides is 1. The fraction of sp³-hybridized carbons (Fsp3) is 0.435. The van der Waals surface area contributed by atoms with E-state index in [0.717, 1.165) is 60.5 Å². The molecule has 0 aliphatic heterocycles. The summed E-state index contributed by atoms with van der Waals surface area (Å²) in [5.74, 6) is 9.83. The van der Waals surface area contributed by atoms with Gasteiger partial charge in [-0.25, -0.2) is 9.97 Å². The first kappa shape index (κ1) is 22.7. The second-order valence-corrected chi connectivity index (χ2v) is 7.39. The Labute approximate surface area is 187 Å². The first-order chi connectivity index (χ1) is 15.2. The molecule has 0 radical (unpaired) electrons. The predicted octanol–water partition coefficient (Wildman–Crippen LogP) is 4.70. The summed E-state index contributed by atoms with van der Waals surface area (Å²) in [6.45, 7) is 2.68. The van der Waals surface area contributed by atoms with Crippen molar-refractivity contribution >= 4 is 28.5 Å². The number of aromatic amines is 1. The smallest absolute Gasteiger partial charge is 0.158 e. The Bertz CT molecular complexity index is 1070. The quantitative estimate of drug-likeness (QED) is 0.269. The Morgan fingerprint density at radius 3 is 2.74 bits per heavy atom. The fourth-order valence-electron chi connectivity index (χ4n) is 3.09. The zero-order valence-corrected chi connectivity index (χ0v) is 19.0. The standard InChI is InChI=1S/C23H28ClN5O2/c1-4-5-10-20-26-21-18(9-7-6-8-13-24)28-29-22(21)23(27-20)25-15-16-11-12-17(30-2)14-19(16)31-3/h11-12,14H,4-6,8,10,13,15H2,1-3H3,(H,28,29)(H,25,26,27). The van der Waals surface area contributed by atoms with Crippen molar-refractivity contribution in [1.29, 1.82) is 0 Å². The summed E-state index contributed by atoms with van der Waals surface area (Å²) in [6.07, 6.45) is 4.49. The van der Waals surface area contributed by atoms with E-state index in [1.165, 1.54) is 0 Å². The summed E-state index contributed by atoms with van der Waals surface area (Å²) in [5.41, 5.74) is 3.11.